The molecule has 1 amide bonds. The number of hydrogen-bond acceptors (Lipinski definition) is 8. The van der Waals surface area contributed by atoms with E-state index >= 15 is 0 Å². The van der Waals surface area contributed by atoms with Gasteiger partial charge in [-0.15, -0.1) is 0 Å². The first kappa shape index (κ1) is 22.5. The second-order valence-electron chi connectivity index (χ2n) is 8.35. The minimum absolute atomic E-state index is 0.0403. The highest BCUT2D eigenvalue weighted by molar-refractivity contribution is 5.96. The van der Waals surface area contributed by atoms with Crippen LogP contribution in [0, 0.1) is 17.2 Å². The van der Waals surface area contributed by atoms with E-state index in [9.17, 15) is 20.0 Å². The standard InChI is InChI=1S/C23H28N2O7/c1-3-30-19(27)17-14-22(31-12-13-32-22)8-9-23(17)21(15-24,10-11-26)16-6-4-5-7-18(16)25(23)20(28)29-2/h4-7,17,26H,3,8-14H2,1-2H3/t17-,21+,23-/m1/s1. The van der Waals surface area contributed by atoms with Gasteiger partial charge in [0.25, 0.3) is 0 Å². The van der Waals surface area contributed by atoms with Crippen LogP contribution in [0.5, 0.6) is 0 Å². The first-order valence-electron chi connectivity index (χ1n) is 10.9. The number of hydrogen-bond donors (Lipinski definition) is 1. The zero-order valence-electron chi connectivity index (χ0n) is 18.3. The van der Waals surface area contributed by atoms with E-state index in [1.54, 1.807) is 31.2 Å². The molecule has 3 atom stereocenters. The monoisotopic (exact) mass is 444 g/mol. The molecule has 2 heterocycles. The van der Waals surface area contributed by atoms with Gasteiger partial charge >= 0.3 is 12.1 Å². The summed E-state index contributed by atoms with van der Waals surface area (Å²) in [7, 11) is 1.27. The Bertz CT molecular complexity index is 939. The fourth-order valence-corrected chi connectivity index (χ4v) is 5.95. The van der Waals surface area contributed by atoms with Crippen molar-refractivity contribution in [1.82, 2.24) is 0 Å². The Hall–Kier alpha value is -2.67. The first-order valence-corrected chi connectivity index (χ1v) is 10.9. The quantitative estimate of drug-likeness (QED) is 0.703. The minimum atomic E-state index is -1.36. The van der Waals surface area contributed by atoms with Crippen LogP contribution in [-0.2, 0) is 29.2 Å². The van der Waals surface area contributed by atoms with Crippen LogP contribution in [0.2, 0.25) is 0 Å². The van der Waals surface area contributed by atoms with Crippen LogP contribution in [0.4, 0.5) is 10.5 Å². The molecule has 1 aromatic carbocycles. The molecule has 1 aliphatic carbocycles. The van der Waals surface area contributed by atoms with E-state index in [2.05, 4.69) is 6.07 Å². The number of ether oxygens (including phenoxy) is 4. The molecule has 3 aliphatic rings. The zero-order chi connectivity index (χ0) is 23.0. The van der Waals surface area contributed by atoms with E-state index in [-0.39, 0.29) is 32.5 Å². The average Bonchev–Trinajstić information content (AvgIpc) is 3.35. The Morgan fingerprint density at radius 2 is 2.00 bits per heavy atom. The van der Waals surface area contributed by atoms with Gasteiger partial charge in [-0.1, -0.05) is 18.2 Å². The van der Waals surface area contributed by atoms with Crippen LogP contribution < -0.4 is 4.90 Å². The van der Waals surface area contributed by atoms with Gasteiger partial charge in [-0.2, -0.15) is 5.26 Å². The second-order valence-corrected chi connectivity index (χ2v) is 8.35. The zero-order valence-corrected chi connectivity index (χ0v) is 18.3. The predicted molar refractivity (Wildman–Crippen MR) is 112 cm³/mol. The summed E-state index contributed by atoms with van der Waals surface area (Å²) in [6.45, 7) is 2.36. The van der Waals surface area contributed by atoms with Crippen LogP contribution in [0.15, 0.2) is 24.3 Å². The first-order chi connectivity index (χ1) is 15.4. The van der Waals surface area contributed by atoms with Gasteiger partial charge in [-0.25, -0.2) is 4.79 Å². The molecule has 4 rings (SSSR count). The number of rotatable bonds is 4. The number of aliphatic hydroxyl groups excluding tert-OH is 1. The Morgan fingerprint density at radius 1 is 1.28 bits per heavy atom. The van der Waals surface area contributed by atoms with Gasteiger partial charge in [-0.05, 0) is 31.4 Å². The SMILES string of the molecule is CCOC(=O)[C@H]1CC2(CC[C@@]13N(C(=O)OC)c1ccccc1[C@@]3(C#N)CCO)OCCO2. The number of carbonyl (C=O) groups excluding carboxylic acids is 2. The van der Waals surface area contributed by atoms with Gasteiger partial charge in [0, 0.05) is 19.4 Å². The largest absolute Gasteiger partial charge is 0.466 e. The van der Waals surface area contributed by atoms with E-state index in [0.29, 0.717) is 30.9 Å². The Morgan fingerprint density at radius 3 is 2.62 bits per heavy atom. The molecule has 32 heavy (non-hydrogen) atoms. The molecule has 1 saturated carbocycles. The number of anilines is 1. The average molecular weight is 444 g/mol. The molecule has 2 spiro atoms. The molecule has 0 aromatic heterocycles. The molecule has 2 fully saturated rings. The lowest BCUT2D eigenvalue weighted by atomic mass is 9.55. The van der Waals surface area contributed by atoms with Crippen molar-refractivity contribution >= 4 is 17.7 Å². The third-order valence-electron chi connectivity index (χ3n) is 7.14. The summed E-state index contributed by atoms with van der Waals surface area (Å²) in [5, 5.41) is 20.6. The summed E-state index contributed by atoms with van der Waals surface area (Å²) in [5.41, 5.74) is -1.62. The molecule has 0 unspecified atom stereocenters. The lowest BCUT2D eigenvalue weighted by Gasteiger charge is -2.54. The number of fused-ring (bicyclic) bond motifs is 1. The summed E-state index contributed by atoms with van der Waals surface area (Å²) in [6.07, 6.45) is 0.0967. The maximum atomic E-state index is 13.4. The summed E-state index contributed by atoms with van der Waals surface area (Å²) >= 11 is 0. The molecule has 172 valence electrons. The fraction of sp³-hybridized carbons (Fsp3) is 0.609. The normalized spacial score (nSPS) is 30.2. The van der Waals surface area contributed by atoms with E-state index < -0.39 is 34.7 Å². The molecule has 9 heteroatoms. The maximum Gasteiger partial charge on any atom is 0.414 e. The number of para-hydroxylation sites is 1. The van der Waals surface area contributed by atoms with Crippen molar-refractivity contribution in [2.24, 2.45) is 5.92 Å². The van der Waals surface area contributed by atoms with Crippen LogP contribution in [0.3, 0.4) is 0 Å². The molecule has 0 bridgehead atoms. The molecule has 1 aromatic rings. The summed E-state index contributed by atoms with van der Waals surface area (Å²) in [6, 6.07) is 9.47. The van der Waals surface area contributed by atoms with Gasteiger partial charge in [0.15, 0.2) is 5.79 Å². The number of nitrogens with zero attached hydrogens (tertiary/aromatic N) is 2. The molecule has 2 aliphatic heterocycles. The van der Waals surface area contributed by atoms with Crippen molar-refractivity contribution in [2.45, 2.75) is 49.3 Å². The highest BCUT2D eigenvalue weighted by Gasteiger charge is 2.72. The van der Waals surface area contributed by atoms with Crippen molar-refractivity contribution in [3.8, 4) is 6.07 Å². The van der Waals surface area contributed by atoms with Crippen molar-refractivity contribution < 1.29 is 33.6 Å². The third-order valence-corrected chi connectivity index (χ3v) is 7.14. The number of methoxy groups -OCH3 is 1. The van der Waals surface area contributed by atoms with E-state index in [1.807, 2.05) is 0 Å². The summed E-state index contributed by atoms with van der Waals surface area (Å²) in [4.78, 5) is 28.1. The van der Waals surface area contributed by atoms with Crippen LogP contribution >= 0.6 is 0 Å². The highest BCUT2D eigenvalue weighted by Crippen LogP contribution is 2.63. The van der Waals surface area contributed by atoms with Crippen molar-refractivity contribution in [1.29, 1.82) is 5.26 Å². The Balaban J connectivity index is 1.98. The van der Waals surface area contributed by atoms with Crippen molar-refractivity contribution in [3.63, 3.8) is 0 Å². The summed E-state index contributed by atoms with van der Waals surface area (Å²) in [5.74, 6) is -2.45. The molecule has 1 saturated heterocycles. The lowest BCUT2D eigenvalue weighted by Crippen LogP contribution is -2.69. The molecule has 9 nitrogen and oxygen atoms in total. The van der Waals surface area contributed by atoms with Crippen molar-refractivity contribution in [3.05, 3.63) is 29.8 Å². The van der Waals surface area contributed by atoms with E-state index in [1.165, 1.54) is 12.0 Å². The van der Waals surface area contributed by atoms with Gasteiger partial charge in [-0.3, -0.25) is 9.69 Å². The number of carbonyl (C=O) groups is 2. The van der Waals surface area contributed by atoms with Gasteiger partial charge in [0.1, 0.15) is 5.41 Å². The Labute approximate surface area is 186 Å². The molecule has 0 radical (unpaired) electrons. The number of aliphatic hydroxyl groups is 1. The molecule has 1 N–H and O–H groups in total. The summed E-state index contributed by atoms with van der Waals surface area (Å²) < 4.78 is 22.4. The fourth-order valence-electron chi connectivity index (χ4n) is 5.95. The third kappa shape index (κ3) is 2.94. The van der Waals surface area contributed by atoms with E-state index in [4.69, 9.17) is 18.9 Å². The smallest absolute Gasteiger partial charge is 0.414 e. The number of nitriles is 1. The highest BCUT2D eigenvalue weighted by atomic mass is 16.7. The predicted octanol–water partition coefficient (Wildman–Crippen LogP) is 2.26. The molecular weight excluding hydrogens is 416 g/mol. The number of benzene rings is 1. The second kappa shape index (κ2) is 8.35. The van der Waals surface area contributed by atoms with Crippen LogP contribution in [0.25, 0.3) is 0 Å². The maximum absolute atomic E-state index is 13.4. The van der Waals surface area contributed by atoms with Crippen LogP contribution in [-0.4, -0.2) is 62.0 Å². The minimum Gasteiger partial charge on any atom is -0.466 e. The number of esters is 1. The van der Waals surface area contributed by atoms with Crippen LogP contribution in [0.1, 0.15) is 38.2 Å². The lowest BCUT2D eigenvalue weighted by molar-refractivity contribution is -0.208. The topological polar surface area (TPSA) is 118 Å². The van der Waals surface area contributed by atoms with E-state index in [0.717, 1.165) is 0 Å². The van der Waals surface area contributed by atoms with Crippen molar-refractivity contribution in [2.75, 3.05) is 38.4 Å². The van der Waals surface area contributed by atoms with Gasteiger partial charge in [0.05, 0.1) is 50.1 Å². The Kier molecular flexibility index (Phi) is 5.88. The number of amides is 1. The molecular formula is C23H28N2O7. The van der Waals surface area contributed by atoms with Gasteiger partial charge in [0.2, 0.25) is 0 Å². The van der Waals surface area contributed by atoms with Gasteiger partial charge < -0.3 is 24.1 Å².